The first-order valence-electron chi connectivity index (χ1n) is 9.23. The first kappa shape index (κ1) is 15.4. The molecule has 1 aliphatic heterocycles. The third-order valence-electron chi connectivity index (χ3n) is 7.97. The molecule has 8 atom stereocenters. The Morgan fingerprint density at radius 3 is 2.78 bits per heavy atom. The van der Waals surface area contributed by atoms with Crippen LogP contribution in [0.2, 0.25) is 0 Å². The summed E-state index contributed by atoms with van der Waals surface area (Å²) in [7, 11) is 0. The molecule has 1 saturated heterocycles. The standard InChI is InChI=1S/C19H27NO3/c1-11-9-15-12(3-4-16(21)23-15)13-5-7-18(2)14(17(11)13)6-8-19(18,22)10-20/h11-15,17,22H,3-9H2,1-2H3/t11-,12-,13-,14+,15?,17-,18+,19-/m1/s1. The van der Waals surface area contributed by atoms with E-state index in [1.165, 1.54) is 0 Å². The monoisotopic (exact) mass is 317 g/mol. The second-order valence-electron chi connectivity index (χ2n) is 8.76. The number of aliphatic hydroxyl groups is 1. The molecule has 1 N–H and O–H groups in total. The highest BCUT2D eigenvalue weighted by Crippen LogP contribution is 2.65. The molecule has 4 heteroatoms. The van der Waals surface area contributed by atoms with Gasteiger partial charge in [0.15, 0.2) is 5.60 Å². The molecule has 0 spiro atoms. The SMILES string of the molecule is C[C@@H]1CC2OC(=O)CC[C@@H]2[C@H]2CC[C@@]3(C)[C@@H](CC[C@@]3(O)C#N)[C@@H]21. The van der Waals surface area contributed by atoms with Gasteiger partial charge >= 0.3 is 5.97 Å². The summed E-state index contributed by atoms with van der Waals surface area (Å²) in [5, 5.41) is 20.4. The second kappa shape index (κ2) is 4.96. The van der Waals surface area contributed by atoms with Crippen LogP contribution in [0.5, 0.6) is 0 Å². The van der Waals surface area contributed by atoms with E-state index in [9.17, 15) is 15.2 Å². The molecule has 1 heterocycles. The van der Waals surface area contributed by atoms with E-state index in [1.807, 2.05) is 0 Å². The summed E-state index contributed by atoms with van der Waals surface area (Å²) < 4.78 is 5.67. The quantitative estimate of drug-likeness (QED) is 0.550. The number of carbonyl (C=O) groups excluding carboxylic acids is 1. The van der Waals surface area contributed by atoms with Crippen LogP contribution < -0.4 is 0 Å². The molecule has 0 aromatic rings. The Morgan fingerprint density at radius 2 is 2.04 bits per heavy atom. The minimum absolute atomic E-state index is 0.0303. The van der Waals surface area contributed by atoms with Crippen molar-refractivity contribution in [2.24, 2.45) is 35.0 Å². The summed E-state index contributed by atoms with van der Waals surface area (Å²) in [6.45, 7) is 4.43. The minimum Gasteiger partial charge on any atom is -0.462 e. The molecule has 4 aliphatic rings. The number of hydrogen-bond acceptors (Lipinski definition) is 4. The summed E-state index contributed by atoms with van der Waals surface area (Å²) in [4.78, 5) is 11.7. The van der Waals surface area contributed by atoms with Gasteiger partial charge in [0, 0.05) is 11.8 Å². The van der Waals surface area contributed by atoms with Crippen molar-refractivity contribution in [1.82, 2.24) is 0 Å². The van der Waals surface area contributed by atoms with E-state index in [-0.39, 0.29) is 17.5 Å². The van der Waals surface area contributed by atoms with Crippen LogP contribution in [0, 0.1) is 46.3 Å². The Kier molecular flexibility index (Phi) is 3.33. The summed E-state index contributed by atoms with van der Waals surface area (Å²) in [6.07, 6.45) is 6.14. The van der Waals surface area contributed by atoms with E-state index in [4.69, 9.17) is 4.74 Å². The van der Waals surface area contributed by atoms with Crippen LogP contribution in [0.25, 0.3) is 0 Å². The maximum Gasteiger partial charge on any atom is 0.306 e. The zero-order chi connectivity index (χ0) is 16.4. The van der Waals surface area contributed by atoms with Crippen LogP contribution >= 0.6 is 0 Å². The third kappa shape index (κ3) is 1.95. The zero-order valence-corrected chi connectivity index (χ0v) is 14.1. The summed E-state index contributed by atoms with van der Waals surface area (Å²) in [5.74, 6) is 2.55. The van der Waals surface area contributed by atoms with Gasteiger partial charge in [-0.15, -0.1) is 0 Å². The molecule has 4 rings (SSSR count). The topological polar surface area (TPSA) is 70.3 Å². The molecular formula is C19H27NO3. The van der Waals surface area contributed by atoms with Crippen molar-refractivity contribution >= 4 is 5.97 Å². The van der Waals surface area contributed by atoms with Crippen molar-refractivity contribution in [1.29, 1.82) is 5.26 Å². The van der Waals surface area contributed by atoms with Gasteiger partial charge in [-0.2, -0.15) is 5.26 Å². The minimum atomic E-state index is -1.15. The number of ether oxygens (including phenoxy) is 1. The average molecular weight is 317 g/mol. The fraction of sp³-hybridized carbons (Fsp3) is 0.895. The third-order valence-corrected chi connectivity index (χ3v) is 7.97. The molecule has 0 radical (unpaired) electrons. The Hall–Kier alpha value is -1.08. The van der Waals surface area contributed by atoms with Gasteiger partial charge in [0.2, 0.25) is 0 Å². The van der Waals surface area contributed by atoms with Crippen LogP contribution in [0.1, 0.15) is 58.8 Å². The molecule has 1 unspecified atom stereocenters. The molecule has 0 bridgehead atoms. The predicted molar refractivity (Wildman–Crippen MR) is 84.0 cm³/mol. The molecule has 3 saturated carbocycles. The van der Waals surface area contributed by atoms with E-state index in [0.717, 1.165) is 32.1 Å². The highest BCUT2D eigenvalue weighted by molar-refractivity contribution is 5.70. The van der Waals surface area contributed by atoms with E-state index in [1.54, 1.807) is 0 Å². The number of rotatable bonds is 0. The molecule has 4 nitrogen and oxygen atoms in total. The first-order valence-corrected chi connectivity index (χ1v) is 9.23. The molecular weight excluding hydrogens is 290 g/mol. The van der Waals surface area contributed by atoms with Gasteiger partial charge in [-0.25, -0.2) is 0 Å². The summed E-state index contributed by atoms with van der Waals surface area (Å²) >= 11 is 0. The lowest BCUT2D eigenvalue weighted by molar-refractivity contribution is -0.180. The molecule has 0 aromatic carbocycles. The number of esters is 1. The first-order chi connectivity index (χ1) is 10.9. The van der Waals surface area contributed by atoms with Gasteiger partial charge in [-0.05, 0) is 68.1 Å². The molecule has 23 heavy (non-hydrogen) atoms. The molecule has 4 fully saturated rings. The molecule has 3 aliphatic carbocycles. The number of fused-ring (bicyclic) bond motifs is 5. The van der Waals surface area contributed by atoms with Crippen molar-refractivity contribution < 1.29 is 14.6 Å². The number of nitriles is 1. The number of nitrogens with zero attached hydrogens (tertiary/aromatic N) is 1. The largest absolute Gasteiger partial charge is 0.462 e. The van der Waals surface area contributed by atoms with Gasteiger partial charge in [0.05, 0.1) is 6.07 Å². The van der Waals surface area contributed by atoms with Crippen LogP contribution in [-0.2, 0) is 9.53 Å². The van der Waals surface area contributed by atoms with Crippen molar-refractivity contribution in [2.75, 3.05) is 0 Å². The molecule has 0 amide bonds. The van der Waals surface area contributed by atoms with Crippen molar-refractivity contribution in [3.8, 4) is 6.07 Å². The molecule has 0 aromatic heterocycles. The maximum atomic E-state index is 11.7. The highest BCUT2D eigenvalue weighted by Gasteiger charge is 2.64. The van der Waals surface area contributed by atoms with Crippen molar-refractivity contribution in [2.45, 2.75) is 70.5 Å². The van der Waals surface area contributed by atoms with E-state index in [2.05, 4.69) is 19.9 Å². The van der Waals surface area contributed by atoms with Crippen LogP contribution in [-0.4, -0.2) is 22.8 Å². The fourth-order valence-electron chi connectivity index (χ4n) is 6.77. The Labute approximate surface area is 138 Å². The normalized spacial score (nSPS) is 55.1. The van der Waals surface area contributed by atoms with Crippen molar-refractivity contribution in [3.05, 3.63) is 0 Å². The predicted octanol–water partition coefficient (Wildman–Crippen LogP) is 3.05. The van der Waals surface area contributed by atoms with Crippen LogP contribution in [0.4, 0.5) is 0 Å². The van der Waals surface area contributed by atoms with E-state index >= 15 is 0 Å². The average Bonchev–Trinajstić information content (AvgIpc) is 2.79. The van der Waals surface area contributed by atoms with Gasteiger partial charge < -0.3 is 9.84 Å². The van der Waals surface area contributed by atoms with E-state index in [0.29, 0.717) is 42.4 Å². The smallest absolute Gasteiger partial charge is 0.306 e. The summed E-state index contributed by atoms with van der Waals surface area (Å²) in [6, 6.07) is 2.24. The lowest BCUT2D eigenvalue weighted by Crippen LogP contribution is -2.56. The molecule has 126 valence electrons. The van der Waals surface area contributed by atoms with Crippen LogP contribution in [0.15, 0.2) is 0 Å². The number of carbonyl (C=O) groups is 1. The Balaban J connectivity index is 1.66. The Morgan fingerprint density at radius 1 is 1.26 bits per heavy atom. The van der Waals surface area contributed by atoms with Gasteiger partial charge in [0.25, 0.3) is 0 Å². The van der Waals surface area contributed by atoms with E-state index < -0.39 is 5.60 Å². The summed E-state index contributed by atoms with van der Waals surface area (Å²) in [5.41, 5.74) is -1.42. The number of hydrogen-bond donors (Lipinski definition) is 1. The van der Waals surface area contributed by atoms with Gasteiger partial charge in [-0.3, -0.25) is 4.79 Å². The Bertz CT molecular complexity index is 569. The van der Waals surface area contributed by atoms with Gasteiger partial charge in [-0.1, -0.05) is 13.8 Å². The maximum absolute atomic E-state index is 11.7. The lowest BCUT2D eigenvalue weighted by Gasteiger charge is -2.57. The van der Waals surface area contributed by atoms with Crippen LogP contribution in [0.3, 0.4) is 0 Å². The van der Waals surface area contributed by atoms with Gasteiger partial charge in [0.1, 0.15) is 6.10 Å². The lowest BCUT2D eigenvalue weighted by atomic mass is 9.49. The second-order valence-corrected chi connectivity index (χ2v) is 8.76. The highest BCUT2D eigenvalue weighted by atomic mass is 16.5. The van der Waals surface area contributed by atoms with Crippen molar-refractivity contribution in [3.63, 3.8) is 0 Å². The fourth-order valence-corrected chi connectivity index (χ4v) is 6.77. The zero-order valence-electron chi connectivity index (χ0n) is 14.1.